The van der Waals surface area contributed by atoms with Crippen molar-refractivity contribution in [3.8, 4) is 11.6 Å². The molecule has 7 nitrogen and oxygen atoms in total. The molecule has 3 heterocycles. The first-order valence-electron chi connectivity index (χ1n) is 9.19. The number of urea groups is 1. The Balaban J connectivity index is 1.55. The van der Waals surface area contributed by atoms with Crippen molar-refractivity contribution in [3.63, 3.8) is 0 Å². The van der Waals surface area contributed by atoms with Crippen LogP contribution in [0.15, 0.2) is 36.5 Å². The number of imide groups is 1. The fourth-order valence-corrected chi connectivity index (χ4v) is 3.54. The molecule has 2 aromatic rings. The van der Waals surface area contributed by atoms with E-state index in [0.717, 1.165) is 10.5 Å². The van der Waals surface area contributed by atoms with E-state index in [9.17, 15) is 9.59 Å². The lowest BCUT2D eigenvalue weighted by Gasteiger charge is -2.32. The van der Waals surface area contributed by atoms with E-state index in [1.165, 1.54) is 11.8 Å². The van der Waals surface area contributed by atoms with Gasteiger partial charge in [-0.2, -0.15) is 0 Å². The maximum Gasteiger partial charge on any atom is 0.329 e. The van der Waals surface area contributed by atoms with E-state index >= 15 is 0 Å². The molecular weight excluding hydrogens is 358 g/mol. The summed E-state index contributed by atoms with van der Waals surface area (Å²) in [6.07, 6.45) is 1.46. The summed E-state index contributed by atoms with van der Waals surface area (Å²) >= 11 is 0. The molecule has 3 amide bonds. The van der Waals surface area contributed by atoms with Crippen LogP contribution in [0.25, 0.3) is 0 Å². The molecule has 0 spiro atoms. The quantitative estimate of drug-likeness (QED) is 0.823. The summed E-state index contributed by atoms with van der Waals surface area (Å²) in [5.41, 5.74) is 1.76. The smallest absolute Gasteiger partial charge is 0.329 e. The van der Waals surface area contributed by atoms with Crippen LogP contribution in [0.5, 0.6) is 11.6 Å². The van der Waals surface area contributed by atoms with Gasteiger partial charge in [0.05, 0.1) is 25.1 Å². The van der Waals surface area contributed by atoms with Crippen molar-refractivity contribution in [1.82, 2.24) is 10.3 Å². The number of amides is 3. The van der Waals surface area contributed by atoms with Crippen molar-refractivity contribution in [1.29, 1.82) is 0 Å². The number of hydrogen-bond acceptors (Lipinski definition) is 5. The van der Waals surface area contributed by atoms with Gasteiger partial charge in [-0.15, -0.1) is 0 Å². The van der Waals surface area contributed by atoms with Crippen LogP contribution in [0, 0.1) is 0 Å². The fourth-order valence-electron chi connectivity index (χ4n) is 3.54. The predicted molar refractivity (Wildman–Crippen MR) is 104 cm³/mol. The maximum absolute atomic E-state index is 12.4. The maximum atomic E-state index is 12.4. The van der Waals surface area contributed by atoms with Crippen LogP contribution in [-0.4, -0.2) is 29.1 Å². The number of nitrogens with one attached hydrogen (secondary N) is 1. The highest BCUT2D eigenvalue weighted by Crippen LogP contribution is 2.35. The summed E-state index contributed by atoms with van der Waals surface area (Å²) < 4.78 is 11.5. The monoisotopic (exact) mass is 381 g/mol. The van der Waals surface area contributed by atoms with E-state index in [-0.39, 0.29) is 11.3 Å². The number of carbonyl (C=O) groups is 2. The highest BCUT2D eigenvalue weighted by Gasteiger charge is 2.45. The van der Waals surface area contributed by atoms with Crippen LogP contribution < -0.4 is 15.0 Å². The second-order valence-corrected chi connectivity index (χ2v) is 8.35. The summed E-state index contributed by atoms with van der Waals surface area (Å²) in [6.45, 7) is 8.89. The number of hydrogen-bond donors (Lipinski definition) is 1. The number of ether oxygens (including phenoxy) is 2. The second kappa shape index (κ2) is 6.31. The molecule has 2 aliphatic rings. The Morgan fingerprint density at radius 1 is 1.14 bits per heavy atom. The third kappa shape index (κ3) is 3.11. The van der Waals surface area contributed by atoms with E-state index in [1.54, 1.807) is 26.0 Å². The van der Waals surface area contributed by atoms with Crippen molar-refractivity contribution in [2.24, 2.45) is 0 Å². The number of aromatic nitrogens is 1. The number of fused-ring (bicyclic) bond motifs is 1. The molecule has 28 heavy (non-hydrogen) atoms. The Labute approximate surface area is 163 Å². The van der Waals surface area contributed by atoms with Crippen LogP contribution in [0.4, 0.5) is 10.5 Å². The predicted octanol–water partition coefficient (Wildman–Crippen LogP) is 3.52. The Morgan fingerprint density at radius 2 is 1.93 bits per heavy atom. The van der Waals surface area contributed by atoms with Gasteiger partial charge in [-0.3, -0.25) is 4.79 Å². The molecule has 0 bridgehead atoms. The van der Waals surface area contributed by atoms with Crippen molar-refractivity contribution in [3.05, 3.63) is 47.7 Å². The molecule has 0 saturated carbocycles. The molecule has 146 valence electrons. The molecular formula is C21H23N3O4. The normalized spacial score (nSPS) is 19.9. The first kappa shape index (κ1) is 18.4. The van der Waals surface area contributed by atoms with E-state index in [0.29, 0.717) is 30.5 Å². The third-order valence-electron chi connectivity index (χ3n) is 5.09. The molecule has 0 unspecified atom stereocenters. The number of carbonyl (C=O) groups excluding carboxylic acids is 2. The molecule has 1 N–H and O–H groups in total. The summed E-state index contributed by atoms with van der Waals surface area (Å²) in [6, 6.07) is 8.76. The number of pyridine rings is 1. The van der Waals surface area contributed by atoms with Gasteiger partial charge in [-0.1, -0.05) is 19.9 Å². The Kier molecular flexibility index (Phi) is 4.15. The number of anilines is 1. The van der Waals surface area contributed by atoms with Crippen molar-refractivity contribution in [2.45, 2.75) is 45.3 Å². The number of nitrogens with zero attached hydrogens (tertiary/aromatic N) is 2. The SMILES string of the molecule is CC1(C)NC(=O)N(c2ccc(Oc3ccc4c(c3)C(C)(C)COC4)nc2)C1=O. The molecule has 1 aromatic heterocycles. The average Bonchev–Trinajstić information content (AvgIpc) is 2.83. The molecule has 1 saturated heterocycles. The standard InChI is InChI=1S/C21H23N3O4/c1-20(2)12-27-11-13-5-7-15(9-16(13)20)28-17-8-6-14(10-22-17)24-18(25)21(3,4)23-19(24)26/h5-10H,11-12H2,1-4H3,(H,23,26). The van der Waals surface area contributed by atoms with E-state index in [4.69, 9.17) is 9.47 Å². The summed E-state index contributed by atoms with van der Waals surface area (Å²) in [7, 11) is 0. The van der Waals surface area contributed by atoms with Gasteiger partial charge in [0.2, 0.25) is 5.88 Å². The molecule has 4 rings (SSSR count). The molecule has 2 aliphatic heterocycles. The van der Waals surface area contributed by atoms with E-state index in [1.807, 2.05) is 18.2 Å². The van der Waals surface area contributed by atoms with Crippen molar-refractivity contribution in [2.75, 3.05) is 11.5 Å². The molecule has 1 fully saturated rings. The van der Waals surface area contributed by atoms with Gasteiger partial charge in [-0.25, -0.2) is 14.7 Å². The highest BCUT2D eigenvalue weighted by atomic mass is 16.5. The van der Waals surface area contributed by atoms with Gasteiger partial charge in [0.25, 0.3) is 5.91 Å². The lowest BCUT2D eigenvalue weighted by atomic mass is 9.81. The van der Waals surface area contributed by atoms with Gasteiger partial charge in [-0.05, 0) is 43.2 Å². The first-order chi connectivity index (χ1) is 13.2. The molecule has 1 aromatic carbocycles. The van der Waals surface area contributed by atoms with E-state index < -0.39 is 11.6 Å². The van der Waals surface area contributed by atoms with Gasteiger partial charge >= 0.3 is 6.03 Å². The Hall–Kier alpha value is -2.93. The zero-order valence-corrected chi connectivity index (χ0v) is 16.4. The zero-order chi connectivity index (χ0) is 20.1. The minimum atomic E-state index is -0.925. The summed E-state index contributed by atoms with van der Waals surface area (Å²) in [5.74, 6) is 0.761. The topological polar surface area (TPSA) is 80.8 Å². The summed E-state index contributed by atoms with van der Waals surface area (Å²) in [5, 5.41) is 2.65. The first-order valence-corrected chi connectivity index (χ1v) is 9.19. The lowest BCUT2D eigenvalue weighted by Crippen LogP contribution is -2.40. The van der Waals surface area contributed by atoms with Gasteiger partial charge < -0.3 is 14.8 Å². The molecule has 0 aliphatic carbocycles. The largest absolute Gasteiger partial charge is 0.439 e. The average molecular weight is 381 g/mol. The minimum absolute atomic E-state index is 0.0828. The van der Waals surface area contributed by atoms with Crippen LogP contribution >= 0.6 is 0 Å². The lowest BCUT2D eigenvalue weighted by molar-refractivity contribution is -0.121. The second-order valence-electron chi connectivity index (χ2n) is 8.35. The van der Waals surface area contributed by atoms with Crippen LogP contribution in [-0.2, 0) is 21.6 Å². The van der Waals surface area contributed by atoms with Crippen LogP contribution in [0.3, 0.4) is 0 Å². The Bertz CT molecular complexity index is 951. The molecule has 7 heteroatoms. The zero-order valence-electron chi connectivity index (χ0n) is 16.4. The molecule has 0 atom stereocenters. The number of rotatable bonds is 3. The summed E-state index contributed by atoms with van der Waals surface area (Å²) in [4.78, 5) is 29.8. The molecule has 0 radical (unpaired) electrons. The van der Waals surface area contributed by atoms with Crippen LogP contribution in [0.2, 0.25) is 0 Å². The third-order valence-corrected chi connectivity index (χ3v) is 5.09. The van der Waals surface area contributed by atoms with Gasteiger partial charge in [0.15, 0.2) is 0 Å². The van der Waals surface area contributed by atoms with Gasteiger partial charge in [0, 0.05) is 11.5 Å². The van der Waals surface area contributed by atoms with E-state index in [2.05, 4.69) is 24.1 Å². The Morgan fingerprint density at radius 3 is 2.57 bits per heavy atom. The van der Waals surface area contributed by atoms with Gasteiger partial charge in [0.1, 0.15) is 11.3 Å². The van der Waals surface area contributed by atoms with Crippen molar-refractivity contribution >= 4 is 17.6 Å². The van der Waals surface area contributed by atoms with Crippen LogP contribution in [0.1, 0.15) is 38.8 Å². The highest BCUT2D eigenvalue weighted by molar-refractivity contribution is 6.22. The number of benzene rings is 1. The fraction of sp³-hybridized carbons (Fsp3) is 0.381. The minimum Gasteiger partial charge on any atom is -0.439 e. The van der Waals surface area contributed by atoms with Crippen molar-refractivity contribution < 1.29 is 19.1 Å².